The Kier molecular flexibility index (Phi) is 6.01. The molecule has 1 aromatic heterocycles. The number of para-hydroxylation sites is 2. The van der Waals surface area contributed by atoms with Crippen LogP contribution in [0.1, 0.15) is 23.2 Å². The highest BCUT2D eigenvalue weighted by Crippen LogP contribution is 2.25. The number of aromatic nitrogens is 1. The first-order valence-corrected chi connectivity index (χ1v) is 11.6. The number of nitriles is 1. The number of oxazole rings is 1. The fourth-order valence-electron chi connectivity index (χ4n) is 3.17. The molecule has 0 radical (unpaired) electrons. The highest BCUT2D eigenvalue weighted by molar-refractivity contribution is 7.91. The van der Waals surface area contributed by atoms with Gasteiger partial charge >= 0.3 is 0 Å². The van der Waals surface area contributed by atoms with Crippen molar-refractivity contribution in [2.75, 3.05) is 11.1 Å². The highest BCUT2D eigenvalue weighted by Gasteiger charge is 2.15. The molecule has 1 N–H and O–H groups in total. The normalized spacial score (nSPS) is 11.2. The fourth-order valence-corrected chi connectivity index (χ4v) is 4.48. The van der Waals surface area contributed by atoms with Gasteiger partial charge in [0.15, 0.2) is 15.4 Å². The number of benzene rings is 3. The van der Waals surface area contributed by atoms with Gasteiger partial charge in [0.05, 0.1) is 16.7 Å². The molecule has 0 aliphatic rings. The molecule has 0 fully saturated rings. The highest BCUT2D eigenvalue weighted by atomic mass is 32.2. The first-order valence-electron chi connectivity index (χ1n) is 9.93. The van der Waals surface area contributed by atoms with E-state index in [1.54, 1.807) is 24.3 Å². The number of amides is 1. The van der Waals surface area contributed by atoms with Gasteiger partial charge in [-0.25, -0.2) is 13.4 Å². The first kappa shape index (κ1) is 21.3. The summed E-state index contributed by atoms with van der Waals surface area (Å²) >= 11 is 0. The van der Waals surface area contributed by atoms with E-state index in [-0.39, 0.29) is 29.4 Å². The van der Waals surface area contributed by atoms with Crippen molar-refractivity contribution in [3.05, 3.63) is 78.4 Å². The van der Waals surface area contributed by atoms with Crippen molar-refractivity contribution in [1.82, 2.24) is 4.98 Å². The van der Waals surface area contributed by atoms with Crippen LogP contribution in [0.3, 0.4) is 0 Å². The lowest BCUT2D eigenvalue weighted by Crippen LogP contribution is -2.12. The van der Waals surface area contributed by atoms with Gasteiger partial charge in [0.1, 0.15) is 5.52 Å². The van der Waals surface area contributed by atoms with Crippen LogP contribution in [0.4, 0.5) is 5.69 Å². The van der Waals surface area contributed by atoms with Crippen LogP contribution in [0.5, 0.6) is 0 Å². The van der Waals surface area contributed by atoms with Crippen LogP contribution in [0, 0.1) is 11.3 Å². The Hall–Kier alpha value is -3.96. The number of unbranched alkanes of at least 4 members (excludes halogenated alkanes) is 1. The lowest BCUT2D eigenvalue weighted by molar-refractivity contribution is 0.102. The molecule has 0 saturated heterocycles. The number of carbonyl (C=O) groups excluding carboxylic acids is 1. The average Bonchev–Trinajstić information content (AvgIpc) is 3.24. The summed E-state index contributed by atoms with van der Waals surface area (Å²) in [6.07, 6.45) is 0.464. The summed E-state index contributed by atoms with van der Waals surface area (Å²) in [5.74, 6) is 0.0436. The van der Waals surface area contributed by atoms with Gasteiger partial charge in [-0.3, -0.25) is 4.79 Å². The molecule has 4 rings (SSSR count). The zero-order valence-corrected chi connectivity index (χ0v) is 17.8. The lowest BCUT2D eigenvalue weighted by Gasteiger charge is -2.07. The van der Waals surface area contributed by atoms with Gasteiger partial charge in [-0.1, -0.05) is 12.1 Å². The number of nitrogens with one attached hydrogen (secondary N) is 1. The van der Waals surface area contributed by atoms with Crippen molar-refractivity contribution in [2.24, 2.45) is 0 Å². The summed E-state index contributed by atoms with van der Waals surface area (Å²) in [5, 5.41) is 11.3. The monoisotopic (exact) mass is 445 g/mol. The maximum Gasteiger partial charge on any atom is 0.255 e. The Balaban J connectivity index is 1.43. The molecule has 0 atom stereocenters. The lowest BCUT2D eigenvalue weighted by atomic mass is 10.2. The number of hydrogen-bond acceptors (Lipinski definition) is 6. The number of anilines is 1. The quantitative estimate of drug-likeness (QED) is 0.408. The van der Waals surface area contributed by atoms with Gasteiger partial charge in [0.25, 0.3) is 5.91 Å². The van der Waals surface area contributed by atoms with E-state index in [1.807, 2.05) is 30.3 Å². The second-order valence-corrected chi connectivity index (χ2v) is 9.23. The molecule has 0 bridgehead atoms. The summed E-state index contributed by atoms with van der Waals surface area (Å²) in [7, 11) is -3.47. The topological polar surface area (TPSA) is 113 Å². The molecular formula is C24H19N3O4S. The maximum absolute atomic E-state index is 12.5. The summed E-state index contributed by atoms with van der Waals surface area (Å²) < 4.78 is 30.3. The Morgan fingerprint density at radius 2 is 1.72 bits per heavy atom. The molecule has 3 aromatic carbocycles. The maximum atomic E-state index is 12.5. The molecule has 1 amide bonds. The molecule has 0 aliphatic heterocycles. The molecule has 0 saturated carbocycles. The van der Waals surface area contributed by atoms with Crippen molar-refractivity contribution >= 4 is 32.5 Å². The Labute approximate surface area is 185 Å². The van der Waals surface area contributed by atoms with Crippen molar-refractivity contribution in [2.45, 2.75) is 17.7 Å². The average molecular weight is 446 g/mol. The Bertz CT molecular complexity index is 1370. The minimum atomic E-state index is -3.47. The van der Waals surface area contributed by atoms with E-state index in [0.717, 1.165) is 11.1 Å². The molecular weight excluding hydrogens is 426 g/mol. The van der Waals surface area contributed by atoms with Crippen LogP contribution < -0.4 is 5.32 Å². The van der Waals surface area contributed by atoms with Crippen LogP contribution in [-0.4, -0.2) is 25.1 Å². The molecule has 32 heavy (non-hydrogen) atoms. The third-order valence-electron chi connectivity index (χ3n) is 4.86. The summed E-state index contributed by atoms with van der Waals surface area (Å²) in [4.78, 5) is 17.1. The molecule has 8 heteroatoms. The van der Waals surface area contributed by atoms with Crippen molar-refractivity contribution in [3.63, 3.8) is 0 Å². The summed E-state index contributed by atoms with van der Waals surface area (Å²) in [6, 6.07) is 22.3. The number of carbonyl (C=O) groups is 1. The smallest absolute Gasteiger partial charge is 0.255 e. The van der Waals surface area contributed by atoms with Crippen LogP contribution in [0.25, 0.3) is 22.6 Å². The van der Waals surface area contributed by atoms with E-state index in [4.69, 9.17) is 9.68 Å². The van der Waals surface area contributed by atoms with Gasteiger partial charge in [0.2, 0.25) is 5.89 Å². The third kappa shape index (κ3) is 4.68. The number of hydrogen-bond donors (Lipinski definition) is 1. The number of fused-ring (bicyclic) bond motifs is 1. The zero-order chi connectivity index (χ0) is 22.6. The molecule has 7 nitrogen and oxygen atoms in total. The standard InChI is InChI=1S/C24H19N3O4S/c25-15-3-4-16-32(29,30)20-13-9-17(10-14-20)23(28)26-19-11-7-18(8-12-19)24-27-21-5-1-2-6-22(21)31-24/h1-2,5-14H,3-4,16H2,(H,26,28). The van der Waals surface area contributed by atoms with Crippen molar-refractivity contribution in [3.8, 4) is 17.5 Å². The molecule has 160 valence electrons. The summed E-state index contributed by atoms with van der Waals surface area (Å²) in [6.45, 7) is 0. The van der Waals surface area contributed by atoms with E-state index in [1.165, 1.54) is 24.3 Å². The van der Waals surface area contributed by atoms with Crippen LogP contribution >= 0.6 is 0 Å². The number of sulfone groups is 1. The van der Waals surface area contributed by atoms with Gasteiger partial charge < -0.3 is 9.73 Å². The van der Waals surface area contributed by atoms with E-state index >= 15 is 0 Å². The van der Waals surface area contributed by atoms with Crippen molar-refractivity contribution < 1.29 is 17.6 Å². The largest absolute Gasteiger partial charge is 0.436 e. The molecule has 4 aromatic rings. The molecule has 0 spiro atoms. The van der Waals surface area contributed by atoms with E-state index in [0.29, 0.717) is 22.7 Å². The second-order valence-electron chi connectivity index (χ2n) is 7.12. The predicted molar refractivity (Wildman–Crippen MR) is 121 cm³/mol. The number of nitrogens with zero attached hydrogens (tertiary/aromatic N) is 2. The SMILES string of the molecule is N#CCCCS(=O)(=O)c1ccc(C(=O)Nc2ccc(-c3nc4ccccc4o3)cc2)cc1. The third-order valence-corrected chi connectivity index (χ3v) is 6.68. The minimum Gasteiger partial charge on any atom is -0.436 e. The van der Waals surface area contributed by atoms with E-state index < -0.39 is 9.84 Å². The second kappa shape index (κ2) is 9.04. The minimum absolute atomic E-state index is 0.0987. The van der Waals surface area contributed by atoms with Crippen LogP contribution in [0.2, 0.25) is 0 Å². The van der Waals surface area contributed by atoms with Gasteiger partial charge in [-0.2, -0.15) is 5.26 Å². The van der Waals surface area contributed by atoms with Gasteiger partial charge in [0, 0.05) is 23.2 Å². The van der Waals surface area contributed by atoms with Gasteiger partial charge in [-0.05, 0) is 67.1 Å². The molecule has 1 heterocycles. The van der Waals surface area contributed by atoms with Crippen LogP contribution in [0.15, 0.2) is 82.1 Å². The number of rotatable bonds is 7. The van der Waals surface area contributed by atoms with E-state index in [2.05, 4.69) is 10.3 Å². The Morgan fingerprint density at radius 1 is 1.00 bits per heavy atom. The Morgan fingerprint density at radius 3 is 2.41 bits per heavy atom. The summed E-state index contributed by atoms with van der Waals surface area (Å²) in [5.41, 5.74) is 3.18. The molecule has 0 unspecified atom stereocenters. The zero-order valence-electron chi connectivity index (χ0n) is 17.0. The van der Waals surface area contributed by atoms with Crippen molar-refractivity contribution in [1.29, 1.82) is 5.26 Å². The van der Waals surface area contributed by atoms with Crippen LogP contribution in [-0.2, 0) is 9.84 Å². The first-order chi connectivity index (χ1) is 15.5. The van der Waals surface area contributed by atoms with E-state index in [9.17, 15) is 13.2 Å². The molecule has 0 aliphatic carbocycles. The van der Waals surface area contributed by atoms with Gasteiger partial charge in [-0.15, -0.1) is 0 Å². The predicted octanol–water partition coefficient (Wildman–Crippen LogP) is 4.82. The fraction of sp³-hybridized carbons (Fsp3) is 0.125.